The first-order valence-electron chi connectivity index (χ1n) is 6.09. The van der Waals surface area contributed by atoms with Gasteiger partial charge in [0.15, 0.2) is 0 Å². The summed E-state index contributed by atoms with van der Waals surface area (Å²) >= 11 is 3.47. The zero-order valence-electron chi connectivity index (χ0n) is 9.90. The van der Waals surface area contributed by atoms with Gasteiger partial charge in [-0.1, -0.05) is 15.9 Å². The highest BCUT2D eigenvalue weighted by Crippen LogP contribution is 2.28. The van der Waals surface area contributed by atoms with Crippen LogP contribution in [0.2, 0.25) is 0 Å². The van der Waals surface area contributed by atoms with Crippen LogP contribution in [0.4, 0.5) is 5.69 Å². The summed E-state index contributed by atoms with van der Waals surface area (Å²) < 4.78 is 1.08. The topological polar surface area (TPSA) is 49.5 Å². The monoisotopic (exact) mass is 298 g/mol. The van der Waals surface area contributed by atoms with E-state index in [4.69, 9.17) is 10.8 Å². The van der Waals surface area contributed by atoms with Crippen molar-refractivity contribution in [3.8, 4) is 0 Å². The molecule has 1 fully saturated rings. The van der Waals surface area contributed by atoms with Crippen molar-refractivity contribution in [2.45, 2.75) is 19.4 Å². The first-order chi connectivity index (χ1) is 8.24. The van der Waals surface area contributed by atoms with Gasteiger partial charge < -0.3 is 15.7 Å². The van der Waals surface area contributed by atoms with E-state index in [1.54, 1.807) is 0 Å². The van der Waals surface area contributed by atoms with Gasteiger partial charge in [0.05, 0.1) is 0 Å². The molecule has 3 nitrogen and oxygen atoms in total. The molecule has 17 heavy (non-hydrogen) atoms. The second-order valence-corrected chi connectivity index (χ2v) is 5.51. The van der Waals surface area contributed by atoms with E-state index in [1.165, 1.54) is 11.3 Å². The van der Waals surface area contributed by atoms with Crippen molar-refractivity contribution in [1.82, 2.24) is 0 Å². The molecule has 0 radical (unpaired) electrons. The molecule has 0 atom stereocenters. The molecule has 0 saturated carbocycles. The average Bonchev–Trinajstić information content (AvgIpc) is 2.39. The van der Waals surface area contributed by atoms with Crippen LogP contribution in [0.15, 0.2) is 22.7 Å². The van der Waals surface area contributed by atoms with Crippen LogP contribution in [0.1, 0.15) is 18.4 Å². The molecule has 0 bridgehead atoms. The molecular weight excluding hydrogens is 280 g/mol. The maximum absolute atomic E-state index is 9.14. The van der Waals surface area contributed by atoms with Gasteiger partial charge in [0, 0.05) is 36.4 Å². The number of halogens is 1. The number of hydrogen-bond donors (Lipinski definition) is 2. The van der Waals surface area contributed by atoms with Gasteiger partial charge in [-0.25, -0.2) is 0 Å². The molecule has 1 aromatic carbocycles. The minimum Gasteiger partial charge on any atom is -0.396 e. The van der Waals surface area contributed by atoms with Gasteiger partial charge in [-0.2, -0.15) is 0 Å². The summed E-state index contributed by atoms with van der Waals surface area (Å²) in [5.41, 5.74) is 8.22. The summed E-state index contributed by atoms with van der Waals surface area (Å²) in [6.07, 6.45) is 2.13. The molecule has 0 amide bonds. The molecular formula is C13H19BrN2O. The lowest BCUT2D eigenvalue weighted by molar-refractivity contribution is 0.203. The molecule has 1 saturated heterocycles. The highest BCUT2D eigenvalue weighted by molar-refractivity contribution is 9.10. The first kappa shape index (κ1) is 12.9. The number of aliphatic hydroxyl groups is 1. The van der Waals surface area contributed by atoms with Crippen molar-refractivity contribution in [2.24, 2.45) is 11.7 Å². The fraction of sp³-hybridized carbons (Fsp3) is 0.538. The van der Waals surface area contributed by atoms with Crippen LogP contribution in [0.5, 0.6) is 0 Å². The van der Waals surface area contributed by atoms with E-state index in [0.29, 0.717) is 19.1 Å². The highest BCUT2D eigenvalue weighted by atomic mass is 79.9. The lowest BCUT2D eigenvalue weighted by Crippen LogP contribution is -2.35. The smallest absolute Gasteiger partial charge is 0.0460 e. The Kier molecular flexibility index (Phi) is 4.42. The summed E-state index contributed by atoms with van der Waals surface area (Å²) in [6.45, 7) is 2.91. The zero-order valence-corrected chi connectivity index (χ0v) is 11.5. The van der Waals surface area contributed by atoms with Crippen molar-refractivity contribution in [3.63, 3.8) is 0 Å². The summed E-state index contributed by atoms with van der Waals surface area (Å²) in [5, 5.41) is 9.14. The Bertz CT molecular complexity index is 376. The van der Waals surface area contributed by atoms with Gasteiger partial charge >= 0.3 is 0 Å². The summed E-state index contributed by atoms with van der Waals surface area (Å²) in [6, 6.07) is 6.28. The number of aliphatic hydroxyl groups excluding tert-OH is 1. The largest absolute Gasteiger partial charge is 0.396 e. The molecule has 2 rings (SSSR count). The lowest BCUT2D eigenvalue weighted by Gasteiger charge is -2.34. The lowest BCUT2D eigenvalue weighted by atomic mass is 9.97. The Morgan fingerprint density at radius 2 is 2.06 bits per heavy atom. The molecule has 1 aromatic rings. The van der Waals surface area contributed by atoms with E-state index in [0.717, 1.165) is 30.4 Å². The standard InChI is InChI=1S/C13H19BrN2O/c14-12-1-2-13(11(7-12)8-15)16-5-3-10(9-17)4-6-16/h1-2,7,10,17H,3-6,8-9,15H2. The fourth-order valence-corrected chi connectivity index (χ4v) is 2.79. The molecule has 0 aliphatic carbocycles. The van der Waals surface area contributed by atoms with E-state index >= 15 is 0 Å². The maximum atomic E-state index is 9.14. The Balaban J connectivity index is 2.12. The molecule has 1 heterocycles. The number of nitrogens with zero attached hydrogens (tertiary/aromatic N) is 1. The van der Waals surface area contributed by atoms with Crippen LogP contribution < -0.4 is 10.6 Å². The second-order valence-electron chi connectivity index (χ2n) is 4.59. The molecule has 94 valence electrons. The van der Waals surface area contributed by atoms with Gasteiger partial charge in [0.1, 0.15) is 0 Å². The molecule has 3 N–H and O–H groups in total. The third kappa shape index (κ3) is 3.00. The van der Waals surface area contributed by atoms with Crippen molar-refractivity contribution in [3.05, 3.63) is 28.2 Å². The van der Waals surface area contributed by atoms with E-state index in [1.807, 2.05) is 0 Å². The number of benzene rings is 1. The van der Waals surface area contributed by atoms with E-state index in [-0.39, 0.29) is 0 Å². The van der Waals surface area contributed by atoms with E-state index < -0.39 is 0 Å². The number of hydrogen-bond acceptors (Lipinski definition) is 3. The van der Waals surface area contributed by atoms with Crippen LogP contribution >= 0.6 is 15.9 Å². The Labute approximate surface area is 111 Å². The Morgan fingerprint density at radius 1 is 1.35 bits per heavy atom. The first-order valence-corrected chi connectivity index (χ1v) is 6.88. The van der Waals surface area contributed by atoms with Crippen molar-refractivity contribution in [1.29, 1.82) is 0 Å². The van der Waals surface area contributed by atoms with Crippen LogP contribution in [0, 0.1) is 5.92 Å². The van der Waals surface area contributed by atoms with Crippen molar-refractivity contribution < 1.29 is 5.11 Å². The van der Waals surface area contributed by atoms with Gasteiger partial charge in [0.2, 0.25) is 0 Å². The van der Waals surface area contributed by atoms with Gasteiger partial charge in [-0.3, -0.25) is 0 Å². The molecule has 0 spiro atoms. The van der Waals surface area contributed by atoms with E-state index in [2.05, 4.69) is 39.0 Å². The Hall–Kier alpha value is -0.580. The summed E-state index contributed by atoms with van der Waals surface area (Å²) in [5.74, 6) is 0.475. The van der Waals surface area contributed by atoms with Crippen molar-refractivity contribution in [2.75, 3.05) is 24.6 Å². The highest BCUT2D eigenvalue weighted by Gasteiger charge is 2.20. The predicted octanol–water partition coefficient (Wildman–Crippen LogP) is 2.12. The van der Waals surface area contributed by atoms with Crippen LogP contribution in [0.25, 0.3) is 0 Å². The molecule has 0 unspecified atom stereocenters. The van der Waals surface area contributed by atoms with Gasteiger partial charge in [0.25, 0.3) is 0 Å². The van der Waals surface area contributed by atoms with Crippen LogP contribution in [-0.4, -0.2) is 24.8 Å². The summed E-state index contributed by atoms with van der Waals surface area (Å²) in [4.78, 5) is 2.38. The molecule has 4 heteroatoms. The van der Waals surface area contributed by atoms with E-state index in [9.17, 15) is 0 Å². The maximum Gasteiger partial charge on any atom is 0.0460 e. The van der Waals surface area contributed by atoms with Gasteiger partial charge in [-0.15, -0.1) is 0 Å². The Morgan fingerprint density at radius 3 is 2.65 bits per heavy atom. The third-order valence-corrected chi connectivity index (χ3v) is 3.97. The van der Waals surface area contributed by atoms with Gasteiger partial charge in [-0.05, 0) is 42.5 Å². The quantitative estimate of drug-likeness (QED) is 0.899. The number of rotatable bonds is 3. The summed E-state index contributed by atoms with van der Waals surface area (Å²) in [7, 11) is 0. The third-order valence-electron chi connectivity index (χ3n) is 3.47. The zero-order chi connectivity index (χ0) is 12.3. The fourth-order valence-electron chi connectivity index (χ4n) is 2.38. The van der Waals surface area contributed by atoms with Crippen LogP contribution in [-0.2, 0) is 6.54 Å². The minimum atomic E-state index is 0.317. The minimum absolute atomic E-state index is 0.317. The molecule has 1 aliphatic rings. The van der Waals surface area contributed by atoms with Crippen molar-refractivity contribution >= 4 is 21.6 Å². The van der Waals surface area contributed by atoms with Crippen LogP contribution in [0.3, 0.4) is 0 Å². The number of nitrogens with two attached hydrogens (primary N) is 1. The number of piperidine rings is 1. The average molecular weight is 299 g/mol. The predicted molar refractivity (Wildman–Crippen MR) is 74.1 cm³/mol. The molecule has 0 aromatic heterocycles. The SMILES string of the molecule is NCc1cc(Br)ccc1N1CCC(CO)CC1. The molecule has 1 aliphatic heterocycles. The normalized spacial score (nSPS) is 17.5. The second kappa shape index (κ2) is 5.85. The number of anilines is 1.